The minimum Gasteiger partial charge on any atom is -0.480 e. The predicted octanol–water partition coefficient (Wildman–Crippen LogP) is 2.05. The van der Waals surface area contributed by atoms with Crippen LogP contribution in [0.4, 0.5) is 4.79 Å². The van der Waals surface area contributed by atoms with Crippen molar-refractivity contribution >= 4 is 12.0 Å². The van der Waals surface area contributed by atoms with E-state index in [0.29, 0.717) is 6.54 Å². The summed E-state index contributed by atoms with van der Waals surface area (Å²) < 4.78 is 0. The Kier molecular flexibility index (Phi) is 5.89. The lowest BCUT2D eigenvalue weighted by Gasteiger charge is -2.43. The number of urea groups is 1. The monoisotopic (exact) mass is 325 g/mol. The van der Waals surface area contributed by atoms with Crippen LogP contribution in [-0.4, -0.2) is 53.7 Å². The molecule has 0 aromatic rings. The van der Waals surface area contributed by atoms with Gasteiger partial charge in [0.1, 0.15) is 0 Å². The predicted molar refractivity (Wildman–Crippen MR) is 89.3 cm³/mol. The zero-order valence-corrected chi connectivity index (χ0v) is 14.6. The molecule has 132 valence electrons. The molecule has 0 aromatic carbocycles. The third-order valence-electron chi connectivity index (χ3n) is 5.62. The molecule has 2 aliphatic carbocycles. The molecule has 2 amide bonds. The molecule has 0 radical (unpaired) electrons. The van der Waals surface area contributed by atoms with Gasteiger partial charge < -0.3 is 15.7 Å². The largest absolute Gasteiger partial charge is 0.480 e. The quantitative estimate of drug-likeness (QED) is 0.638. The number of carbonyl (C=O) groups excluding carboxylic acids is 1. The smallest absolute Gasteiger partial charge is 0.317 e. The molecule has 2 aliphatic rings. The van der Waals surface area contributed by atoms with Crippen LogP contribution in [0.5, 0.6) is 0 Å². The SMILES string of the molecule is CCN(CC(=O)O)C1CC(NC(=O)NCC(C)(C)C2CCC2)C1. The van der Waals surface area contributed by atoms with E-state index in [1.54, 1.807) is 0 Å². The maximum atomic E-state index is 12.0. The summed E-state index contributed by atoms with van der Waals surface area (Å²) in [6, 6.07) is 0.338. The van der Waals surface area contributed by atoms with E-state index in [0.717, 1.165) is 25.3 Å². The van der Waals surface area contributed by atoms with Gasteiger partial charge in [0.05, 0.1) is 6.54 Å². The summed E-state index contributed by atoms with van der Waals surface area (Å²) in [5.74, 6) is -0.0655. The lowest BCUT2D eigenvalue weighted by atomic mass is 9.67. The highest BCUT2D eigenvalue weighted by Crippen LogP contribution is 2.41. The number of rotatable bonds is 8. The zero-order valence-electron chi connectivity index (χ0n) is 14.6. The number of aliphatic carboxylic acids is 1. The Balaban J connectivity index is 1.64. The van der Waals surface area contributed by atoms with Gasteiger partial charge in [0.2, 0.25) is 0 Å². The van der Waals surface area contributed by atoms with Gasteiger partial charge in [-0.05, 0) is 43.6 Å². The van der Waals surface area contributed by atoms with Crippen molar-refractivity contribution in [1.29, 1.82) is 0 Å². The third kappa shape index (κ3) is 4.83. The minimum absolute atomic E-state index is 0.0790. The molecule has 2 fully saturated rings. The van der Waals surface area contributed by atoms with Gasteiger partial charge in [-0.3, -0.25) is 9.69 Å². The van der Waals surface area contributed by atoms with Crippen LogP contribution < -0.4 is 10.6 Å². The molecule has 6 nitrogen and oxygen atoms in total. The first-order valence-electron chi connectivity index (χ1n) is 8.82. The van der Waals surface area contributed by atoms with E-state index in [1.807, 2.05) is 11.8 Å². The van der Waals surface area contributed by atoms with E-state index < -0.39 is 5.97 Å². The number of carbonyl (C=O) groups is 2. The first-order valence-corrected chi connectivity index (χ1v) is 8.82. The molecule has 23 heavy (non-hydrogen) atoms. The van der Waals surface area contributed by atoms with Crippen molar-refractivity contribution in [2.24, 2.45) is 11.3 Å². The fourth-order valence-corrected chi connectivity index (χ4v) is 3.56. The van der Waals surface area contributed by atoms with Gasteiger partial charge in [-0.1, -0.05) is 27.2 Å². The molecule has 0 heterocycles. The summed E-state index contributed by atoms with van der Waals surface area (Å²) in [4.78, 5) is 24.8. The third-order valence-corrected chi connectivity index (χ3v) is 5.62. The molecule has 3 N–H and O–H groups in total. The van der Waals surface area contributed by atoms with E-state index >= 15 is 0 Å². The average molecular weight is 325 g/mol. The van der Waals surface area contributed by atoms with Crippen molar-refractivity contribution in [3.8, 4) is 0 Å². The Morgan fingerprint density at radius 3 is 2.39 bits per heavy atom. The summed E-state index contributed by atoms with van der Waals surface area (Å²) in [6.07, 6.45) is 5.53. The van der Waals surface area contributed by atoms with Crippen LogP contribution in [0.25, 0.3) is 0 Å². The van der Waals surface area contributed by atoms with Crippen molar-refractivity contribution in [3.05, 3.63) is 0 Å². The Morgan fingerprint density at radius 1 is 1.26 bits per heavy atom. The minimum atomic E-state index is -0.792. The Labute approximate surface area is 139 Å². The maximum absolute atomic E-state index is 12.0. The molecular weight excluding hydrogens is 294 g/mol. The van der Waals surface area contributed by atoms with Gasteiger partial charge in [-0.15, -0.1) is 0 Å². The van der Waals surface area contributed by atoms with E-state index in [4.69, 9.17) is 5.11 Å². The van der Waals surface area contributed by atoms with Gasteiger partial charge in [-0.25, -0.2) is 4.79 Å². The van der Waals surface area contributed by atoms with Crippen LogP contribution in [0.1, 0.15) is 52.9 Å². The van der Waals surface area contributed by atoms with Crippen molar-refractivity contribution in [3.63, 3.8) is 0 Å². The fourth-order valence-electron chi connectivity index (χ4n) is 3.56. The second kappa shape index (κ2) is 7.51. The van der Waals surface area contributed by atoms with E-state index in [9.17, 15) is 9.59 Å². The molecule has 2 rings (SSSR count). The Hall–Kier alpha value is -1.30. The van der Waals surface area contributed by atoms with E-state index in [2.05, 4.69) is 24.5 Å². The maximum Gasteiger partial charge on any atom is 0.317 e. The van der Waals surface area contributed by atoms with Crippen LogP contribution >= 0.6 is 0 Å². The molecule has 0 saturated heterocycles. The molecular formula is C17H31N3O3. The normalized spacial score (nSPS) is 24.7. The van der Waals surface area contributed by atoms with Crippen molar-refractivity contribution in [1.82, 2.24) is 15.5 Å². The highest BCUT2D eigenvalue weighted by Gasteiger charge is 2.36. The number of carboxylic acids is 1. The fraction of sp³-hybridized carbons (Fsp3) is 0.882. The highest BCUT2D eigenvalue weighted by atomic mass is 16.4. The van der Waals surface area contributed by atoms with Crippen LogP contribution in [0.2, 0.25) is 0 Å². The second-order valence-corrected chi connectivity index (χ2v) is 7.72. The second-order valence-electron chi connectivity index (χ2n) is 7.72. The first-order chi connectivity index (χ1) is 10.8. The van der Waals surface area contributed by atoms with Gasteiger partial charge in [0, 0.05) is 18.6 Å². The Morgan fingerprint density at radius 2 is 1.91 bits per heavy atom. The molecule has 0 spiro atoms. The number of hydrogen-bond donors (Lipinski definition) is 3. The standard InChI is InChI=1S/C17H31N3O3/c1-4-20(10-15(21)22)14-8-13(9-14)19-16(23)18-11-17(2,3)12-6-5-7-12/h12-14H,4-11H2,1-3H3,(H,21,22)(H2,18,19,23). The summed E-state index contributed by atoms with van der Waals surface area (Å²) in [5, 5.41) is 14.9. The van der Waals surface area contributed by atoms with Crippen LogP contribution in [0.15, 0.2) is 0 Å². The van der Waals surface area contributed by atoms with Gasteiger partial charge in [0.25, 0.3) is 0 Å². The lowest BCUT2D eigenvalue weighted by Crippen LogP contribution is -2.57. The van der Waals surface area contributed by atoms with Crippen LogP contribution in [0, 0.1) is 11.3 Å². The lowest BCUT2D eigenvalue weighted by molar-refractivity contribution is -0.139. The van der Waals surface area contributed by atoms with Gasteiger partial charge in [-0.2, -0.15) is 0 Å². The summed E-state index contributed by atoms with van der Waals surface area (Å²) in [6.45, 7) is 7.93. The summed E-state index contributed by atoms with van der Waals surface area (Å²) >= 11 is 0. The van der Waals surface area contributed by atoms with Crippen LogP contribution in [0.3, 0.4) is 0 Å². The van der Waals surface area contributed by atoms with E-state index in [1.165, 1.54) is 19.3 Å². The molecule has 6 heteroatoms. The molecule has 0 atom stereocenters. The topological polar surface area (TPSA) is 81.7 Å². The van der Waals surface area contributed by atoms with Gasteiger partial charge >= 0.3 is 12.0 Å². The summed E-state index contributed by atoms with van der Waals surface area (Å²) in [5.41, 5.74) is 0.165. The Bertz CT molecular complexity index is 429. The molecule has 0 aromatic heterocycles. The number of nitrogens with zero attached hydrogens (tertiary/aromatic N) is 1. The first kappa shape index (κ1) is 18.0. The highest BCUT2D eigenvalue weighted by molar-refractivity contribution is 5.74. The van der Waals surface area contributed by atoms with Crippen molar-refractivity contribution in [2.45, 2.75) is 65.0 Å². The summed E-state index contributed by atoms with van der Waals surface area (Å²) in [7, 11) is 0. The van der Waals surface area contributed by atoms with Crippen molar-refractivity contribution in [2.75, 3.05) is 19.6 Å². The van der Waals surface area contributed by atoms with Crippen molar-refractivity contribution < 1.29 is 14.7 Å². The molecule has 0 aliphatic heterocycles. The number of likely N-dealkylation sites (N-methyl/N-ethyl adjacent to an activating group) is 1. The number of nitrogens with one attached hydrogen (secondary N) is 2. The average Bonchev–Trinajstić information content (AvgIpc) is 2.35. The number of carboxylic acid groups (broad SMARTS) is 1. The zero-order chi connectivity index (χ0) is 17.0. The molecule has 0 bridgehead atoms. The van der Waals surface area contributed by atoms with Gasteiger partial charge in [0.15, 0.2) is 0 Å². The molecule has 2 saturated carbocycles. The number of amides is 2. The number of hydrogen-bond acceptors (Lipinski definition) is 3. The molecule has 0 unspecified atom stereocenters. The van der Waals surface area contributed by atoms with E-state index in [-0.39, 0.29) is 30.1 Å². The van der Waals surface area contributed by atoms with Crippen LogP contribution in [-0.2, 0) is 4.79 Å².